The molecular weight excluding hydrogens is 603 g/mol. The summed E-state index contributed by atoms with van der Waals surface area (Å²) in [5, 5.41) is 7.48. The van der Waals surface area contributed by atoms with Gasteiger partial charge in [0.2, 0.25) is 0 Å². The Balaban J connectivity index is 1.40. The lowest BCUT2D eigenvalue weighted by atomic mass is 9.66. The van der Waals surface area contributed by atoms with Gasteiger partial charge >= 0.3 is 0 Å². The summed E-state index contributed by atoms with van der Waals surface area (Å²) < 4.78 is 0. The highest BCUT2D eigenvalue weighted by Gasteiger charge is 2.47. The Labute approximate surface area is 293 Å². The van der Waals surface area contributed by atoms with Gasteiger partial charge in [0, 0.05) is 11.8 Å². The first-order valence-electron chi connectivity index (χ1n) is 17.3. The fraction of sp³-hybridized carbons (Fsp3) is 0.0408. The van der Waals surface area contributed by atoms with Crippen LogP contribution in [-0.2, 0) is 5.41 Å². The van der Waals surface area contributed by atoms with Gasteiger partial charge in [-0.15, -0.1) is 0 Å². The van der Waals surface area contributed by atoms with Crippen molar-refractivity contribution < 1.29 is 0 Å². The van der Waals surface area contributed by atoms with E-state index in [0.717, 1.165) is 16.8 Å². The molecule has 0 atom stereocenters. The van der Waals surface area contributed by atoms with Crippen LogP contribution in [0.4, 0.5) is 0 Å². The summed E-state index contributed by atoms with van der Waals surface area (Å²) in [6, 6.07) is 61.9. The maximum absolute atomic E-state index is 5.02. The highest BCUT2D eigenvalue weighted by atomic mass is 14.8. The lowest BCUT2D eigenvalue weighted by Crippen LogP contribution is -2.29. The van der Waals surface area contributed by atoms with Crippen molar-refractivity contribution in [2.45, 2.75) is 12.3 Å². The van der Waals surface area contributed by atoms with E-state index < -0.39 is 5.41 Å². The molecule has 1 nitrogen and oxygen atoms in total. The van der Waals surface area contributed by atoms with Crippen molar-refractivity contribution in [2.24, 2.45) is 4.99 Å². The van der Waals surface area contributed by atoms with Gasteiger partial charge in [-0.1, -0.05) is 176 Å². The van der Waals surface area contributed by atoms with Crippen molar-refractivity contribution in [2.75, 3.05) is 0 Å². The zero-order valence-electron chi connectivity index (χ0n) is 28.0. The van der Waals surface area contributed by atoms with Gasteiger partial charge in [-0.25, -0.2) is 0 Å². The van der Waals surface area contributed by atoms with Crippen LogP contribution in [0, 0.1) is 0 Å². The second-order valence-corrected chi connectivity index (χ2v) is 13.0. The molecule has 0 saturated carbocycles. The zero-order valence-corrected chi connectivity index (χ0v) is 28.0. The number of nitrogens with zero attached hydrogens (tertiary/aromatic N) is 1. The Hall–Kier alpha value is -6.31. The van der Waals surface area contributed by atoms with Gasteiger partial charge in [0.05, 0.1) is 11.1 Å². The summed E-state index contributed by atoms with van der Waals surface area (Å²) in [5.74, 6) is 0. The van der Waals surface area contributed by atoms with E-state index in [1.54, 1.807) is 0 Å². The third-order valence-electron chi connectivity index (χ3n) is 10.5. The van der Waals surface area contributed by atoms with Crippen molar-refractivity contribution in [3.63, 3.8) is 0 Å². The molecule has 0 unspecified atom stereocenters. The fourth-order valence-corrected chi connectivity index (χ4v) is 8.54. The van der Waals surface area contributed by atoms with E-state index in [4.69, 9.17) is 4.99 Å². The molecule has 0 aliphatic heterocycles. The third-order valence-corrected chi connectivity index (χ3v) is 10.5. The molecular formula is C49H35N. The van der Waals surface area contributed by atoms with Crippen molar-refractivity contribution >= 4 is 44.2 Å². The van der Waals surface area contributed by atoms with E-state index in [-0.39, 0.29) is 0 Å². The molecule has 0 fully saturated rings. The minimum atomic E-state index is -0.591. The van der Waals surface area contributed by atoms with Crippen LogP contribution in [0.15, 0.2) is 193 Å². The average molecular weight is 638 g/mol. The molecule has 0 amide bonds. The number of hydrogen-bond acceptors (Lipinski definition) is 1. The van der Waals surface area contributed by atoms with Gasteiger partial charge in [-0.05, 0) is 89.8 Å². The molecule has 0 bridgehead atoms. The Kier molecular flexibility index (Phi) is 7.14. The molecule has 8 aromatic carbocycles. The van der Waals surface area contributed by atoms with Gasteiger partial charge < -0.3 is 0 Å². The minimum Gasteiger partial charge on any atom is -0.261 e. The molecule has 236 valence electrons. The number of fused-ring (bicyclic) bond motifs is 4. The highest BCUT2D eigenvalue weighted by molar-refractivity contribution is 6.23. The zero-order chi connectivity index (χ0) is 33.7. The summed E-state index contributed by atoms with van der Waals surface area (Å²) in [7, 11) is 0. The summed E-state index contributed by atoms with van der Waals surface area (Å²) in [5.41, 5.74) is 11.2. The summed E-state index contributed by atoms with van der Waals surface area (Å²) in [4.78, 5) is 5.02. The maximum Gasteiger partial charge on any atom is 0.0748 e. The maximum atomic E-state index is 5.02. The number of hydrogen-bond donors (Lipinski definition) is 0. The molecule has 0 N–H and O–H groups in total. The topological polar surface area (TPSA) is 12.4 Å². The van der Waals surface area contributed by atoms with Gasteiger partial charge in [0.25, 0.3) is 0 Å². The predicted octanol–water partition coefficient (Wildman–Crippen LogP) is 12.8. The van der Waals surface area contributed by atoms with E-state index in [2.05, 4.69) is 176 Å². The molecule has 50 heavy (non-hydrogen) atoms. The van der Waals surface area contributed by atoms with Crippen molar-refractivity contribution in [3.05, 3.63) is 210 Å². The smallest absolute Gasteiger partial charge is 0.0748 e. The number of benzene rings is 8. The Morgan fingerprint density at radius 1 is 0.500 bits per heavy atom. The molecule has 1 heteroatoms. The van der Waals surface area contributed by atoms with E-state index in [1.807, 2.05) is 19.2 Å². The van der Waals surface area contributed by atoms with Crippen LogP contribution in [0.25, 0.3) is 60.3 Å². The van der Waals surface area contributed by atoms with Crippen LogP contribution in [-0.4, -0.2) is 6.21 Å². The van der Waals surface area contributed by atoms with E-state index >= 15 is 0 Å². The van der Waals surface area contributed by atoms with Crippen molar-refractivity contribution in [1.82, 2.24) is 0 Å². The molecule has 9 rings (SSSR count). The molecule has 0 radical (unpaired) electrons. The lowest BCUT2D eigenvalue weighted by Gasteiger charge is -2.34. The SMILES string of the molecule is C=CC1=C(/N=C\C)c2ccc(-c3c4ccccc4c(-c4cccc5ccccc45)c4ccccc34)cc2C1(c1ccccc1)c1ccccc1. The first-order chi connectivity index (χ1) is 24.8. The molecule has 0 spiro atoms. The predicted molar refractivity (Wildman–Crippen MR) is 214 cm³/mol. The lowest BCUT2D eigenvalue weighted by molar-refractivity contribution is 0.762. The Morgan fingerprint density at radius 2 is 1.02 bits per heavy atom. The normalized spacial score (nSPS) is 13.8. The van der Waals surface area contributed by atoms with Gasteiger partial charge in [0.1, 0.15) is 0 Å². The standard InChI is InChI=1S/C49H35N/c1-3-44-48(50-4-2)43-31-30-34(32-45(43)49(44,35-20-7-5-8-21-35)36-22-9-6-10-23-36)46-39-25-13-15-27-41(39)47(42-28-16-14-26-40(42)46)38-29-17-19-33-18-11-12-24-37(33)38/h3-32H,1H2,2H3/b50-4-. The second-order valence-electron chi connectivity index (χ2n) is 13.0. The Morgan fingerprint density at radius 3 is 1.60 bits per heavy atom. The van der Waals surface area contributed by atoms with E-state index in [1.165, 1.54) is 71.3 Å². The molecule has 8 aromatic rings. The first kappa shape index (κ1) is 29.8. The summed E-state index contributed by atoms with van der Waals surface area (Å²) >= 11 is 0. The van der Waals surface area contributed by atoms with Gasteiger partial charge in [0.15, 0.2) is 0 Å². The minimum absolute atomic E-state index is 0.591. The molecule has 1 aliphatic rings. The monoisotopic (exact) mass is 637 g/mol. The third kappa shape index (κ3) is 4.30. The van der Waals surface area contributed by atoms with Crippen molar-refractivity contribution in [3.8, 4) is 22.3 Å². The highest BCUT2D eigenvalue weighted by Crippen LogP contribution is 2.56. The quantitative estimate of drug-likeness (QED) is 0.127. The van der Waals surface area contributed by atoms with Crippen LogP contribution < -0.4 is 0 Å². The molecule has 0 aromatic heterocycles. The van der Waals surface area contributed by atoms with Gasteiger partial charge in [-0.2, -0.15) is 0 Å². The first-order valence-corrected chi connectivity index (χ1v) is 17.3. The number of aliphatic imine (C=N–C) groups is 1. The molecule has 0 heterocycles. The van der Waals surface area contributed by atoms with Gasteiger partial charge in [-0.3, -0.25) is 4.99 Å². The molecule has 0 saturated heterocycles. The average Bonchev–Trinajstić information content (AvgIpc) is 3.46. The largest absolute Gasteiger partial charge is 0.261 e. The van der Waals surface area contributed by atoms with Crippen LogP contribution in [0.2, 0.25) is 0 Å². The van der Waals surface area contributed by atoms with Crippen molar-refractivity contribution in [1.29, 1.82) is 0 Å². The molecule has 1 aliphatic carbocycles. The Bertz CT molecular complexity index is 2560. The van der Waals surface area contributed by atoms with Crippen LogP contribution in [0.1, 0.15) is 29.2 Å². The number of rotatable bonds is 6. The van der Waals surface area contributed by atoms with Crippen LogP contribution >= 0.6 is 0 Å². The van der Waals surface area contributed by atoms with E-state index in [0.29, 0.717) is 0 Å². The second kappa shape index (κ2) is 12.0. The van der Waals surface area contributed by atoms with Crippen LogP contribution in [0.5, 0.6) is 0 Å². The number of allylic oxidation sites excluding steroid dienone is 2. The van der Waals surface area contributed by atoms with Crippen LogP contribution in [0.3, 0.4) is 0 Å². The summed E-state index contributed by atoms with van der Waals surface area (Å²) in [6.45, 7) is 6.38. The summed E-state index contributed by atoms with van der Waals surface area (Å²) in [6.07, 6.45) is 3.92. The van der Waals surface area contributed by atoms with E-state index in [9.17, 15) is 0 Å². The fourth-order valence-electron chi connectivity index (χ4n) is 8.54.